The highest BCUT2D eigenvalue weighted by molar-refractivity contribution is 6.05. The average Bonchev–Trinajstić information content (AvgIpc) is 1.82. The van der Waals surface area contributed by atoms with E-state index in [0.717, 1.165) is 0 Å². The molecule has 2 unspecified atom stereocenters. The van der Waals surface area contributed by atoms with Gasteiger partial charge < -0.3 is 4.90 Å². The van der Waals surface area contributed by atoms with E-state index in [1.165, 1.54) is 0 Å². The number of amides is 1. The van der Waals surface area contributed by atoms with Crippen molar-refractivity contribution < 1.29 is 4.79 Å². The zero-order valence-electron chi connectivity index (χ0n) is 5.46. The molecule has 2 rings (SSSR count). The Hall–Kier alpha value is -0.860. The highest BCUT2D eigenvalue weighted by Gasteiger charge is 2.59. The van der Waals surface area contributed by atoms with E-state index in [0.29, 0.717) is 0 Å². The fourth-order valence-corrected chi connectivity index (χ4v) is 1.32. The van der Waals surface area contributed by atoms with Crippen LogP contribution in [0, 0.1) is 5.92 Å². The summed E-state index contributed by atoms with van der Waals surface area (Å²) in [4.78, 5) is 16.6. The lowest BCUT2D eigenvalue weighted by atomic mass is 9.79. The molecule has 0 aliphatic carbocycles. The number of aliphatic imine (C=N–C) groups is 1. The Morgan fingerprint density at radius 3 is 2.67 bits per heavy atom. The Bertz CT molecular complexity index is 211. The Labute approximate surface area is 53.4 Å². The summed E-state index contributed by atoms with van der Waals surface area (Å²) in [7, 11) is 1.79. The van der Waals surface area contributed by atoms with Gasteiger partial charge in [0.1, 0.15) is 11.6 Å². The molecule has 0 aromatic rings. The molecule has 0 radical (unpaired) electrons. The summed E-state index contributed by atoms with van der Waals surface area (Å²) >= 11 is 0. The van der Waals surface area contributed by atoms with Crippen molar-refractivity contribution in [1.29, 1.82) is 0 Å². The number of hydrogen-bond donors (Lipinski definition) is 0. The van der Waals surface area contributed by atoms with Gasteiger partial charge in [-0.25, -0.2) is 0 Å². The Morgan fingerprint density at radius 2 is 2.56 bits per heavy atom. The molecule has 3 nitrogen and oxygen atoms in total. The first-order valence-corrected chi connectivity index (χ1v) is 2.99. The second-order valence-electron chi connectivity index (χ2n) is 2.75. The molecule has 0 spiro atoms. The first-order valence-electron chi connectivity index (χ1n) is 2.99. The molecule has 48 valence electrons. The topological polar surface area (TPSA) is 32.7 Å². The van der Waals surface area contributed by atoms with Crippen molar-refractivity contribution in [2.45, 2.75) is 12.6 Å². The summed E-state index contributed by atoms with van der Waals surface area (Å²) in [5.41, 5.74) is -0.156. The van der Waals surface area contributed by atoms with Crippen LogP contribution in [0.4, 0.5) is 0 Å². The van der Waals surface area contributed by atoms with Crippen LogP contribution in [-0.4, -0.2) is 29.7 Å². The van der Waals surface area contributed by atoms with Gasteiger partial charge in [-0.3, -0.25) is 9.79 Å². The molecule has 2 atom stereocenters. The number of carbonyl (C=O) groups is 1. The normalized spacial score (nSPS) is 45.8. The summed E-state index contributed by atoms with van der Waals surface area (Å²) in [5.74, 6) is 0.301. The summed E-state index contributed by atoms with van der Waals surface area (Å²) < 4.78 is 0. The van der Waals surface area contributed by atoms with E-state index in [1.54, 1.807) is 18.2 Å². The Morgan fingerprint density at radius 1 is 1.89 bits per heavy atom. The van der Waals surface area contributed by atoms with Crippen molar-refractivity contribution in [3.63, 3.8) is 0 Å². The van der Waals surface area contributed by atoms with Gasteiger partial charge in [-0.1, -0.05) is 0 Å². The third-order valence-electron chi connectivity index (χ3n) is 2.35. The van der Waals surface area contributed by atoms with E-state index in [-0.39, 0.29) is 17.5 Å². The zero-order valence-corrected chi connectivity index (χ0v) is 5.46. The van der Waals surface area contributed by atoms with E-state index < -0.39 is 0 Å². The van der Waals surface area contributed by atoms with Crippen LogP contribution in [0.15, 0.2) is 4.99 Å². The van der Waals surface area contributed by atoms with Gasteiger partial charge in [-0.2, -0.15) is 0 Å². The van der Waals surface area contributed by atoms with Crippen molar-refractivity contribution in [3.05, 3.63) is 0 Å². The van der Waals surface area contributed by atoms with E-state index in [9.17, 15) is 4.79 Å². The molecule has 0 bridgehead atoms. The standard InChI is InChI=1S/C6H8N2O/c1-6-4(3-7-6)5(9)8(6)2/h3-4H,1-2H3. The molecule has 2 heterocycles. The van der Waals surface area contributed by atoms with Gasteiger partial charge in [0.2, 0.25) is 5.91 Å². The lowest BCUT2D eigenvalue weighted by molar-refractivity contribution is -0.160. The van der Waals surface area contributed by atoms with Gasteiger partial charge in [0.05, 0.1) is 0 Å². The fraction of sp³-hybridized carbons (Fsp3) is 0.667. The lowest BCUT2D eigenvalue weighted by Crippen LogP contribution is -2.71. The minimum absolute atomic E-state index is 0.0995. The van der Waals surface area contributed by atoms with Gasteiger partial charge >= 0.3 is 0 Å². The van der Waals surface area contributed by atoms with Crippen molar-refractivity contribution in [3.8, 4) is 0 Å². The van der Waals surface area contributed by atoms with Crippen LogP contribution in [0.25, 0.3) is 0 Å². The SMILES string of the molecule is CN1C(=O)C2C=NC21C. The maximum Gasteiger partial charge on any atom is 0.237 e. The second-order valence-corrected chi connectivity index (χ2v) is 2.75. The van der Waals surface area contributed by atoms with Gasteiger partial charge in [-0.15, -0.1) is 0 Å². The van der Waals surface area contributed by atoms with E-state index >= 15 is 0 Å². The van der Waals surface area contributed by atoms with Crippen LogP contribution in [0.3, 0.4) is 0 Å². The molecule has 0 aromatic carbocycles. The highest BCUT2D eigenvalue weighted by Crippen LogP contribution is 2.41. The van der Waals surface area contributed by atoms with Crippen LogP contribution < -0.4 is 0 Å². The predicted octanol–water partition coefficient (Wildman–Crippen LogP) is -0.125. The third kappa shape index (κ3) is 0.298. The lowest BCUT2D eigenvalue weighted by Gasteiger charge is -2.55. The molecule has 0 saturated carbocycles. The molecular weight excluding hydrogens is 116 g/mol. The maximum atomic E-state index is 10.9. The number of nitrogens with zero attached hydrogens (tertiary/aromatic N) is 2. The van der Waals surface area contributed by atoms with Gasteiger partial charge in [0.15, 0.2) is 0 Å². The minimum atomic E-state index is -0.156. The monoisotopic (exact) mass is 124 g/mol. The molecule has 1 saturated heterocycles. The summed E-state index contributed by atoms with van der Waals surface area (Å²) in [6.45, 7) is 1.97. The quantitative estimate of drug-likeness (QED) is 0.414. The van der Waals surface area contributed by atoms with Crippen molar-refractivity contribution in [1.82, 2.24) is 4.90 Å². The summed E-state index contributed by atoms with van der Waals surface area (Å²) in [6.07, 6.45) is 1.72. The third-order valence-corrected chi connectivity index (χ3v) is 2.35. The van der Waals surface area contributed by atoms with Crippen molar-refractivity contribution >= 4 is 12.1 Å². The van der Waals surface area contributed by atoms with Gasteiger partial charge in [0, 0.05) is 13.3 Å². The molecule has 1 amide bonds. The maximum absolute atomic E-state index is 10.9. The minimum Gasteiger partial charge on any atom is -0.319 e. The van der Waals surface area contributed by atoms with Crippen LogP contribution in [0.5, 0.6) is 0 Å². The van der Waals surface area contributed by atoms with Crippen LogP contribution in [-0.2, 0) is 4.79 Å². The number of carbonyl (C=O) groups excluding carboxylic acids is 1. The van der Waals surface area contributed by atoms with Gasteiger partial charge in [0.25, 0.3) is 0 Å². The van der Waals surface area contributed by atoms with Crippen LogP contribution >= 0.6 is 0 Å². The molecule has 1 fully saturated rings. The predicted molar refractivity (Wildman–Crippen MR) is 33.2 cm³/mol. The molecule has 2 aliphatic rings. The summed E-state index contributed by atoms with van der Waals surface area (Å²) in [6, 6.07) is 0. The molecule has 2 aliphatic heterocycles. The molecular formula is C6H8N2O. The first kappa shape index (κ1) is 4.97. The molecule has 3 heteroatoms. The average molecular weight is 124 g/mol. The zero-order chi connectivity index (χ0) is 6.65. The number of rotatable bonds is 0. The Kier molecular flexibility index (Phi) is 0.570. The number of hydrogen-bond acceptors (Lipinski definition) is 2. The van der Waals surface area contributed by atoms with Crippen molar-refractivity contribution in [2.24, 2.45) is 10.9 Å². The van der Waals surface area contributed by atoms with E-state index in [2.05, 4.69) is 4.99 Å². The van der Waals surface area contributed by atoms with Crippen molar-refractivity contribution in [2.75, 3.05) is 7.05 Å². The highest BCUT2D eigenvalue weighted by atomic mass is 16.2. The number of β-lactam (4-membered cyclic amide) rings is 1. The van der Waals surface area contributed by atoms with E-state index in [4.69, 9.17) is 0 Å². The molecule has 0 aromatic heterocycles. The largest absolute Gasteiger partial charge is 0.319 e. The fourth-order valence-electron chi connectivity index (χ4n) is 1.32. The van der Waals surface area contributed by atoms with Crippen LogP contribution in [0.2, 0.25) is 0 Å². The number of likely N-dealkylation sites (tertiary alicyclic amines) is 1. The van der Waals surface area contributed by atoms with Gasteiger partial charge in [-0.05, 0) is 6.92 Å². The molecule has 9 heavy (non-hydrogen) atoms. The second kappa shape index (κ2) is 1.03. The number of fused-ring (bicyclic) bond motifs is 1. The Balaban J connectivity index is 2.36. The molecule has 0 N–H and O–H groups in total. The van der Waals surface area contributed by atoms with Crippen LogP contribution in [0.1, 0.15) is 6.92 Å². The smallest absolute Gasteiger partial charge is 0.237 e. The first-order chi connectivity index (χ1) is 4.16. The van der Waals surface area contributed by atoms with E-state index in [1.807, 2.05) is 6.92 Å². The summed E-state index contributed by atoms with van der Waals surface area (Å²) in [5, 5.41) is 0.